The normalized spacial score (nSPS) is 11.9. The van der Waals surface area contributed by atoms with Crippen molar-refractivity contribution in [2.24, 2.45) is 0 Å². The molecule has 2 rings (SSSR count). The lowest BCUT2D eigenvalue weighted by molar-refractivity contribution is 0.414. The predicted octanol–water partition coefficient (Wildman–Crippen LogP) is 3.15. The number of hydrogen-bond acceptors (Lipinski definition) is 6. The van der Waals surface area contributed by atoms with Crippen molar-refractivity contribution in [1.29, 1.82) is 0 Å². The van der Waals surface area contributed by atoms with Crippen molar-refractivity contribution in [3.63, 3.8) is 0 Å². The molecule has 0 radical (unpaired) electrons. The third-order valence-electron chi connectivity index (χ3n) is 2.68. The third kappa shape index (κ3) is 3.14. The number of aromatic nitrogens is 2. The Hall–Kier alpha value is -1.82. The van der Waals surface area contributed by atoms with Gasteiger partial charge in [-0.15, -0.1) is 11.3 Å². The minimum Gasteiger partial charge on any atom is -0.490 e. The molecule has 102 valence electrons. The van der Waals surface area contributed by atoms with Crippen LogP contribution in [0.2, 0.25) is 0 Å². The minimum atomic E-state index is 0.179. The van der Waals surface area contributed by atoms with E-state index in [1.807, 2.05) is 13.0 Å². The molecular weight excluding hydrogens is 260 g/mol. The maximum Gasteiger partial charge on any atom is 0.204 e. The maximum absolute atomic E-state index is 5.40. The van der Waals surface area contributed by atoms with E-state index in [-0.39, 0.29) is 6.04 Å². The molecule has 6 heteroatoms. The Morgan fingerprint density at radius 2 is 2.16 bits per heavy atom. The number of anilines is 2. The van der Waals surface area contributed by atoms with Gasteiger partial charge >= 0.3 is 0 Å². The van der Waals surface area contributed by atoms with Gasteiger partial charge in [0.1, 0.15) is 6.33 Å². The molecule has 0 fully saturated rings. The first-order chi connectivity index (χ1) is 9.26. The fourth-order valence-electron chi connectivity index (χ4n) is 1.78. The zero-order chi connectivity index (χ0) is 13.7. The summed E-state index contributed by atoms with van der Waals surface area (Å²) in [6.45, 7) is 4.90. The molecule has 2 aromatic heterocycles. The highest BCUT2D eigenvalue weighted by Gasteiger charge is 2.14. The number of ether oxygens (including phenoxy) is 1. The zero-order valence-corrected chi connectivity index (χ0v) is 12.1. The Kier molecular flexibility index (Phi) is 4.57. The van der Waals surface area contributed by atoms with Gasteiger partial charge in [-0.1, -0.05) is 6.07 Å². The van der Waals surface area contributed by atoms with Crippen LogP contribution in [0.4, 0.5) is 11.6 Å². The second-order valence-electron chi connectivity index (χ2n) is 4.02. The molecule has 0 spiro atoms. The number of thiophene rings is 1. The molecule has 0 aromatic carbocycles. The van der Waals surface area contributed by atoms with Crippen molar-refractivity contribution >= 4 is 23.0 Å². The number of nitrogens with zero attached hydrogens (tertiary/aromatic N) is 2. The van der Waals surface area contributed by atoms with Gasteiger partial charge in [-0.05, 0) is 25.3 Å². The van der Waals surface area contributed by atoms with Gasteiger partial charge in [0.15, 0.2) is 11.6 Å². The number of methoxy groups -OCH3 is 1. The van der Waals surface area contributed by atoms with Crippen LogP contribution in [0.1, 0.15) is 24.8 Å². The first kappa shape index (κ1) is 13.6. The van der Waals surface area contributed by atoms with Gasteiger partial charge in [0.05, 0.1) is 13.2 Å². The highest BCUT2D eigenvalue weighted by Crippen LogP contribution is 2.32. The van der Waals surface area contributed by atoms with Crippen LogP contribution in [0.5, 0.6) is 5.75 Å². The topological polar surface area (TPSA) is 59.1 Å². The molecular formula is C13H18N4OS. The summed E-state index contributed by atoms with van der Waals surface area (Å²) in [5.74, 6) is 2.06. The molecule has 2 N–H and O–H groups in total. The Bertz CT molecular complexity index is 515. The van der Waals surface area contributed by atoms with Crippen molar-refractivity contribution in [3.05, 3.63) is 28.7 Å². The molecule has 0 amide bonds. The minimum absolute atomic E-state index is 0.179. The van der Waals surface area contributed by atoms with E-state index in [9.17, 15) is 0 Å². The highest BCUT2D eigenvalue weighted by molar-refractivity contribution is 7.10. The SMILES string of the molecule is CCNc1ncnc(NC(C)c2cccs2)c1OC. The Morgan fingerprint density at radius 3 is 2.79 bits per heavy atom. The van der Waals surface area contributed by atoms with Gasteiger partial charge in [0.25, 0.3) is 0 Å². The quantitative estimate of drug-likeness (QED) is 0.850. The van der Waals surface area contributed by atoms with Gasteiger partial charge in [-0.25, -0.2) is 9.97 Å². The van der Waals surface area contributed by atoms with Crippen LogP contribution in [0.25, 0.3) is 0 Å². The Balaban J connectivity index is 2.22. The molecule has 19 heavy (non-hydrogen) atoms. The van der Waals surface area contributed by atoms with Crippen molar-refractivity contribution in [2.75, 3.05) is 24.3 Å². The molecule has 5 nitrogen and oxygen atoms in total. The summed E-state index contributed by atoms with van der Waals surface area (Å²) in [6.07, 6.45) is 1.53. The van der Waals surface area contributed by atoms with Gasteiger partial charge in [-0.2, -0.15) is 0 Å². The summed E-state index contributed by atoms with van der Waals surface area (Å²) in [4.78, 5) is 9.70. The van der Waals surface area contributed by atoms with E-state index in [0.717, 1.165) is 6.54 Å². The van der Waals surface area contributed by atoms with Gasteiger partial charge < -0.3 is 15.4 Å². The molecule has 0 aliphatic carbocycles. The molecule has 2 aromatic rings. The molecule has 0 saturated heterocycles. The summed E-state index contributed by atoms with van der Waals surface area (Å²) in [7, 11) is 1.63. The molecule has 0 aliphatic heterocycles. The van der Waals surface area contributed by atoms with Gasteiger partial charge in [0, 0.05) is 11.4 Å². The zero-order valence-electron chi connectivity index (χ0n) is 11.3. The van der Waals surface area contributed by atoms with Crippen LogP contribution in [0.3, 0.4) is 0 Å². The van der Waals surface area contributed by atoms with Crippen LogP contribution < -0.4 is 15.4 Å². The van der Waals surface area contributed by atoms with Crippen LogP contribution in [-0.2, 0) is 0 Å². The predicted molar refractivity (Wildman–Crippen MR) is 79.1 cm³/mol. The van der Waals surface area contributed by atoms with E-state index in [1.165, 1.54) is 11.2 Å². The summed E-state index contributed by atoms with van der Waals surface area (Å²) < 4.78 is 5.40. The molecule has 2 heterocycles. The van der Waals surface area contributed by atoms with Crippen LogP contribution in [0, 0.1) is 0 Å². The van der Waals surface area contributed by atoms with Crippen molar-refractivity contribution < 1.29 is 4.74 Å². The molecule has 1 unspecified atom stereocenters. The van der Waals surface area contributed by atoms with Crippen molar-refractivity contribution in [2.45, 2.75) is 19.9 Å². The first-order valence-electron chi connectivity index (χ1n) is 6.19. The van der Waals surface area contributed by atoms with Gasteiger partial charge in [-0.3, -0.25) is 0 Å². The van der Waals surface area contributed by atoms with E-state index in [0.29, 0.717) is 17.4 Å². The second kappa shape index (κ2) is 6.38. The lowest BCUT2D eigenvalue weighted by atomic mass is 10.2. The summed E-state index contributed by atoms with van der Waals surface area (Å²) in [5.41, 5.74) is 0. The van der Waals surface area contributed by atoms with E-state index in [2.05, 4.69) is 39.0 Å². The average molecular weight is 278 g/mol. The lowest BCUT2D eigenvalue weighted by Gasteiger charge is -2.17. The molecule has 0 aliphatic rings. The van der Waals surface area contributed by atoms with E-state index in [1.54, 1.807) is 18.4 Å². The van der Waals surface area contributed by atoms with Crippen LogP contribution >= 0.6 is 11.3 Å². The molecule has 1 atom stereocenters. The van der Waals surface area contributed by atoms with Crippen molar-refractivity contribution in [3.8, 4) is 5.75 Å². The number of nitrogens with one attached hydrogen (secondary N) is 2. The summed E-state index contributed by atoms with van der Waals surface area (Å²) in [5, 5.41) is 8.58. The van der Waals surface area contributed by atoms with Crippen LogP contribution in [0.15, 0.2) is 23.8 Å². The number of hydrogen-bond donors (Lipinski definition) is 2. The van der Waals surface area contributed by atoms with E-state index < -0.39 is 0 Å². The lowest BCUT2D eigenvalue weighted by Crippen LogP contribution is -2.10. The first-order valence-corrected chi connectivity index (χ1v) is 7.07. The fourth-order valence-corrected chi connectivity index (χ4v) is 2.51. The van der Waals surface area contributed by atoms with Gasteiger partial charge in [0.2, 0.25) is 5.75 Å². The monoisotopic (exact) mass is 278 g/mol. The highest BCUT2D eigenvalue weighted by atomic mass is 32.1. The van der Waals surface area contributed by atoms with E-state index >= 15 is 0 Å². The van der Waals surface area contributed by atoms with Crippen LogP contribution in [-0.4, -0.2) is 23.6 Å². The van der Waals surface area contributed by atoms with Crippen molar-refractivity contribution in [1.82, 2.24) is 9.97 Å². The summed E-state index contributed by atoms with van der Waals surface area (Å²) >= 11 is 1.72. The standard InChI is InChI=1S/C13H18N4OS/c1-4-14-12-11(18-3)13(16-8-15-12)17-9(2)10-6-5-7-19-10/h5-9H,4H2,1-3H3,(H2,14,15,16,17). The summed E-state index contributed by atoms with van der Waals surface area (Å²) in [6, 6.07) is 4.32. The second-order valence-corrected chi connectivity index (χ2v) is 5.00. The average Bonchev–Trinajstić information content (AvgIpc) is 2.93. The van der Waals surface area contributed by atoms with E-state index in [4.69, 9.17) is 4.74 Å². The maximum atomic E-state index is 5.40. The number of rotatable bonds is 6. The smallest absolute Gasteiger partial charge is 0.204 e. The molecule has 0 saturated carbocycles. The molecule has 0 bridgehead atoms. The Morgan fingerprint density at radius 1 is 1.37 bits per heavy atom. The Labute approximate surface area is 117 Å². The fraction of sp³-hybridized carbons (Fsp3) is 0.385. The largest absolute Gasteiger partial charge is 0.490 e. The third-order valence-corrected chi connectivity index (χ3v) is 3.73.